The van der Waals surface area contributed by atoms with E-state index in [1.54, 1.807) is 0 Å². The van der Waals surface area contributed by atoms with E-state index < -0.39 is 0 Å². The lowest BCUT2D eigenvalue weighted by atomic mass is 10.7. The van der Waals surface area contributed by atoms with Crippen LogP contribution in [0, 0.1) is 0 Å². The van der Waals surface area contributed by atoms with E-state index in [0.717, 1.165) is 0 Å². The van der Waals surface area contributed by atoms with E-state index in [0.29, 0.717) is 22.6 Å². The summed E-state index contributed by atoms with van der Waals surface area (Å²) in [5.41, 5.74) is 2.21. The summed E-state index contributed by atoms with van der Waals surface area (Å²) in [4.78, 5) is 6.45. The van der Waals surface area contributed by atoms with Crippen molar-refractivity contribution >= 4 is 22.6 Å². The van der Waals surface area contributed by atoms with E-state index in [4.69, 9.17) is 0 Å². The zero-order valence-electron chi connectivity index (χ0n) is 7.65. The van der Waals surface area contributed by atoms with Crippen molar-refractivity contribution in [1.82, 2.24) is 40.9 Å². The Morgan fingerprint density at radius 3 is 2.81 bits per heavy atom. The van der Waals surface area contributed by atoms with Gasteiger partial charge in [-0.25, -0.2) is 0 Å². The number of aromatic nitrogens is 8. The van der Waals surface area contributed by atoms with Crippen LogP contribution in [-0.4, -0.2) is 40.9 Å². The zero-order chi connectivity index (χ0) is 10.8. The fourth-order valence-corrected chi connectivity index (χ4v) is 1.03. The number of hydrogen-bond acceptors (Lipinski definition) is 8. The van der Waals surface area contributed by atoms with E-state index in [1.807, 2.05) is 0 Å². The first-order chi connectivity index (χ1) is 7.93. The number of nitrogens with zero attached hydrogens (tertiary/aromatic N) is 6. The van der Waals surface area contributed by atoms with Crippen LogP contribution in [0.15, 0.2) is 21.6 Å². The van der Waals surface area contributed by atoms with Gasteiger partial charge >= 0.3 is 0 Å². The molecule has 0 aliphatic carbocycles. The van der Waals surface area contributed by atoms with Crippen LogP contribution in [0.3, 0.4) is 0 Å². The predicted molar refractivity (Wildman–Crippen MR) is 47.9 cm³/mol. The van der Waals surface area contributed by atoms with E-state index >= 15 is 0 Å². The minimum absolute atomic E-state index is 0.449. The maximum Gasteiger partial charge on any atom is 0.297 e. The molecular weight excluding hydrogens is 216 g/mol. The summed E-state index contributed by atoms with van der Waals surface area (Å²) in [5, 5.41) is 19.8. The molecule has 16 heavy (non-hydrogen) atoms. The van der Waals surface area contributed by atoms with Crippen molar-refractivity contribution in [2.24, 2.45) is 0 Å². The first-order valence-electron chi connectivity index (χ1n) is 4.16. The zero-order valence-corrected chi connectivity index (χ0v) is 7.65. The molecule has 0 radical (unpaired) electrons. The van der Waals surface area contributed by atoms with E-state index in [1.165, 1.54) is 12.5 Å². The molecule has 0 saturated carbocycles. The summed E-state index contributed by atoms with van der Waals surface area (Å²) in [6.45, 7) is 0. The third-order valence-corrected chi connectivity index (χ3v) is 1.72. The van der Waals surface area contributed by atoms with Gasteiger partial charge in [0, 0.05) is 10.5 Å². The molecule has 0 spiro atoms. The lowest BCUT2D eigenvalue weighted by Crippen LogP contribution is -1.68. The van der Waals surface area contributed by atoms with Gasteiger partial charge in [0.2, 0.25) is 16.9 Å². The number of fused-ring (bicyclic) bond motifs is 2. The molecule has 0 bridgehead atoms. The monoisotopic (exact) mass is 220 g/mol. The molecule has 0 atom stereocenters. The SMILES string of the molecule is c1n[nH]c2nnoc12.c1nc2onnc2[nH]1. The fourth-order valence-electron chi connectivity index (χ4n) is 1.03. The molecule has 10 nitrogen and oxygen atoms in total. The summed E-state index contributed by atoms with van der Waals surface area (Å²) in [5.74, 6) is 0. The van der Waals surface area contributed by atoms with E-state index in [2.05, 4.69) is 50.0 Å². The maximum absolute atomic E-state index is 4.60. The third kappa shape index (κ3) is 1.37. The molecule has 2 N–H and O–H groups in total. The number of imidazole rings is 1. The Hall–Kier alpha value is -2.78. The first kappa shape index (κ1) is 8.52. The van der Waals surface area contributed by atoms with Crippen molar-refractivity contribution in [3.05, 3.63) is 12.5 Å². The van der Waals surface area contributed by atoms with Crippen molar-refractivity contribution in [3.63, 3.8) is 0 Å². The summed E-state index contributed by atoms with van der Waals surface area (Å²) in [6, 6.07) is 0. The second-order valence-corrected chi connectivity index (χ2v) is 2.69. The number of hydrogen-bond donors (Lipinski definition) is 2. The summed E-state index contributed by atoms with van der Waals surface area (Å²) >= 11 is 0. The van der Waals surface area contributed by atoms with Gasteiger partial charge in [-0.3, -0.25) is 5.10 Å². The van der Waals surface area contributed by atoms with E-state index in [9.17, 15) is 0 Å². The molecule has 4 rings (SSSR count). The van der Waals surface area contributed by atoms with Gasteiger partial charge in [-0.1, -0.05) is 10.2 Å². The van der Waals surface area contributed by atoms with Gasteiger partial charge < -0.3 is 14.0 Å². The summed E-state index contributed by atoms with van der Waals surface area (Å²) < 4.78 is 9.16. The highest BCUT2D eigenvalue weighted by Crippen LogP contribution is 2.02. The molecule has 0 fully saturated rings. The van der Waals surface area contributed by atoms with Crippen LogP contribution in [0.25, 0.3) is 22.6 Å². The van der Waals surface area contributed by atoms with Crippen molar-refractivity contribution in [2.75, 3.05) is 0 Å². The molecule has 4 aromatic rings. The molecule has 0 unspecified atom stereocenters. The second-order valence-electron chi connectivity index (χ2n) is 2.69. The van der Waals surface area contributed by atoms with Gasteiger partial charge in [0.25, 0.3) is 5.71 Å². The first-order valence-corrected chi connectivity index (χ1v) is 4.16. The van der Waals surface area contributed by atoms with Gasteiger partial charge in [0.05, 0.1) is 12.5 Å². The van der Waals surface area contributed by atoms with Gasteiger partial charge in [0.15, 0.2) is 0 Å². The molecule has 0 aliphatic rings. The quantitative estimate of drug-likeness (QED) is 0.419. The van der Waals surface area contributed by atoms with Crippen molar-refractivity contribution in [3.8, 4) is 0 Å². The Morgan fingerprint density at radius 2 is 1.94 bits per heavy atom. The molecule has 4 heterocycles. The normalized spacial score (nSPS) is 10.5. The Morgan fingerprint density at radius 1 is 1.06 bits per heavy atom. The van der Waals surface area contributed by atoms with Crippen LogP contribution >= 0.6 is 0 Å². The highest BCUT2D eigenvalue weighted by Gasteiger charge is 1.98. The van der Waals surface area contributed by atoms with Crippen molar-refractivity contribution < 1.29 is 9.05 Å². The summed E-state index contributed by atoms with van der Waals surface area (Å²) in [7, 11) is 0. The average molecular weight is 220 g/mol. The van der Waals surface area contributed by atoms with Gasteiger partial charge in [0.1, 0.15) is 0 Å². The number of aromatic amines is 2. The molecule has 10 heteroatoms. The maximum atomic E-state index is 4.60. The second kappa shape index (κ2) is 3.42. The fraction of sp³-hybridized carbons (Fsp3) is 0. The van der Waals surface area contributed by atoms with Crippen LogP contribution in [0.5, 0.6) is 0 Å². The highest BCUT2D eigenvalue weighted by atomic mass is 16.5. The minimum atomic E-state index is 0.449. The largest absolute Gasteiger partial charge is 0.333 e. The van der Waals surface area contributed by atoms with Crippen LogP contribution in [0.1, 0.15) is 0 Å². The molecule has 4 aromatic heterocycles. The predicted octanol–water partition coefficient (Wildman–Crippen LogP) is -0.108. The standard InChI is InChI=1S/2C3H2N4O/c1-4-2-3(5-1)8-7-6-2;1-2-3(5-4-1)6-7-8-2/h2*1H,(H,4,5). The molecular formula is C6H4N8O2. The van der Waals surface area contributed by atoms with Crippen molar-refractivity contribution in [2.45, 2.75) is 0 Å². The van der Waals surface area contributed by atoms with Crippen LogP contribution < -0.4 is 0 Å². The lowest BCUT2D eigenvalue weighted by Gasteiger charge is -1.58. The number of nitrogens with one attached hydrogen (secondary N) is 2. The molecule has 0 aliphatic heterocycles. The average Bonchev–Trinajstić information content (AvgIpc) is 2.99. The topological polar surface area (TPSA) is 135 Å². The number of H-pyrrole nitrogens is 2. The Bertz CT molecular complexity index is 526. The summed E-state index contributed by atoms with van der Waals surface area (Å²) in [6.07, 6.45) is 3.03. The van der Waals surface area contributed by atoms with Crippen molar-refractivity contribution in [1.29, 1.82) is 0 Å². The third-order valence-electron chi connectivity index (χ3n) is 1.72. The lowest BCUT2D eigenvalue weighted by molar-refractivity contribution is 0.417. The Balaban J connectivity index is 0.000000101. The van der Waals surface area contributed by atoms with Gasteiger partial charge in [-0.15, -0.1) is 0 Å². The van der Waals surface area contributed by atoms with Crippen LogP contribution in [-0.2, 0) is 0 Å². The molecule has 0 amide bonds. The molecule has 0 saturated heterocycles. The Kier molecular flexibility index (Phi) is 1.82. The van der Waals surface area contributed by atoms with Gasteiger partial charge in [-0.2, -0.15) is 10.1 Å². The minimum Gasteiger partial charge on any atom is -0.333 e. The smallest absolute Gasteiger partial charge is 0.297 e. The van der Waals surface area contributed by atoms with Gasteiger partial charge in [-0.05, 0) is 0 Å². The van der Waals surface area contributed by atoms with E-state index in [-0.39, 0.29) is 0 Å². The van der Waals surface area contributed by atoms with Crippen LogP contribution in [0.4, 0.5) is 0 Å². The molecule has 80 valence electrons. The highest BCUT2D eigenvalue weighted by molar-refractivity contribution is 5.64. The number of rotatable bonds is 0. The molecule has 0 aromatic carbocycles. The van der Waals surface area contributed by atoms with Crippen LogP contribution in [0.2, 0.25) is 0 Å². The Labute approximate surface area is 86.0 Å².